The van der Waals surface area contributed by atoms with E-state index in [1.807, 2.05) is 24.3 Å². The molecule has 1 N–H and O–H groups in total. The lowest BCUT2D eigenvalue weighted by molar-refractivity contribution is -0.125. The molecule has 2 aliphatic rings. The van der Waals surface area contributed by atoms with Gasteiger partial charge in [-0.15, -0.1) is 0 Å². The Kier molecular flexibility index (Phi) is 5.72. The summed E-state index contributed by atoms with van der Waals surface area (Å²) in [7, 11) is -3.96. The van der Waals surface area contributed by atoms with Gasteiger partial charge in [0.1, 0.15) is 5.78 Å². The number of ketones is 2. The van der Waals surface area contributed by atoms with E-state index in [-0.39, 0.29) is 52.5 Å². The van der Waals surface area contributed by atoms with Crippen LogP contribution in [0, 0.1) is 0 Å². The van der Waals surface area contributed by atoms with Crippen LogP contribution in [-0.4, -0.2) is 42.7 Å². The fraction of sp³-hybridized carbons (Fsp3) is 0.231. The van der Waals surface area contributed by atoms with Gasteiger partial charge in [0, 0.05) is 24.9 Å². The molecule has 2 amide bonds. The Morgan fingerprint density at radius 1 is 0.771 bits per heavy atom. The summed E-state index contributed by atoms with van der Waals surface area (Å²) in [6, 6.07) is 15.2. The van der Waals surface area contributed by atoms with Crippen LogP contribution in [0.3, 0.4) is 0 Å². The van der Waals surface area contributed by atoms with Crippen molar-refractivity contribution in [1.82, 2.24) is 4.90 Å². The van der Waals surface area contributed by atoms with Crippen LogP contribution in [0.25, 0.3) is 10.8 Å². The van der Waals surface area contributed by atoms with Crippen molar-refractivity contribution in [2.45, 2.75) is 43.0 Å². The Hall–Kier alpha value is -3.85. The molecule has 9 heteroatoms. The summed E-state index contributed by atoms with van der Waals surface area (Å²) in [4.78, 5) is 51.7. The maximum absolute atomic E-state index is 13.2. The third-order valence-corrected chi connectivity index (χ3v) is 7.84. The fourth-order valence-corrected chi connectivity index (χ4v) is 5.72. The van der Waals surface area contributed by atoms with E-state index in [4.69, 9.17) is 0 Å². The van der Waals surface area contributed by atoms with E-state index in [9.17, 15) is 27.6 Å². The van der Waals surface area contributed by atoms with Gasteiger partial charge in [0.25, 0.3) is 21.8 Å². The van der Waals surface area contributed by atoms with Crippen LogP contribution < -0.4 is 4.72 Å². The minimum atomic E-state index is -3.96. The maximum atomic E-state index is 13.2. The molecule has 0 saturated heterocycles. The number of carbonyl (C=O) groups is 4. The van der Waals surface area contributed by atoms with Gasteiger partial charge in [-0.25, -0.2) is 8.42 Å². The average molecular weight is 491 g/mol. The summed E-state index contributed by atoms with van der Waals surface area (Å²) in [5.74, 6) is -1.52. The number of benzene rings is 3. The molecule has 0 aromatic heterocycles. The van der Waals surface area contributed by atoms with E-state index in [2.05, 4.69) is 4.72 Å². The lowest BCUT2D eigenvalue weighted by Gasteiger charge is -2.26. The molecule has 3 aromatic rings. The highest BCUT2D eigenvalue weighted by atomic mass is 32.2. The first kappa shape index (κ1) is 22.9. The third kappa shape index (κ3) is 4.23. The number of hydrogen-bond donors (Lipinski definition) is 1. The first-order valence-corrected chi connectivity index (χ1v) is 12.8. The monoisotopic (exact) mass is 490 g/mol. The standard InChI is InChI=1S/C26H22N2O6S/c29-19-6-3-7-24(30)23(13-10-19)28-25(31)21-12-9-18(15-22(21)26(28)32)27-35(33,34)20-11-8-16-4-1-2-5-17(16)14-20/h1-2,4-5,8-9,11-12,14-15,23,27H,3,6-7,10,13H2. The van der Waals surface area contributed by atoms with Gasteiger partial charge in [0.15, 0.2) is 5.78 Å². The number of amides is 2. The first-order valence-electron chi connectivity index (χ1n) is 11.3. The number of nitrogens with zero attached hydrogens (tertiary/aromatic N) is 1. The molecule has 1 atom stereocenters. The van der Waals surface area contributed by atoms with Crippen molar-refractivity contribution >= 4 is 49.9 Å². The molecule has 1 aliphatic carbocycles. The highest BCUT2D eigenvalue weighted by molar-refractivity contribution is 7.92. The zero-order valence-electron chi connectivity index (χ0n) is 18.7. The van der Waals surface area contributed by atoms with E-state index in [1.165, 1.54) is 24.3 Å². The molecule has 35 heavy (non-hydrogen) atoms. The van der Waals surface area contributed by atoms with E-state index in [0.29, 0.717) is 12.8 Å². The molecule has 0 radical (unpaired) electrons. The average Bonchev–Trinajstić information content (AvgIpc) is 3.07. The van der Waals surface area contributed by atoms with Crippen molar-refractivity contribution in [2.75, 3.05) is 4.72 Å². The molecule has 178 valence electrons. The van der Waals surface area contributed by atoms with Gasteiger partial charge in [-0.2, -0.15) is 0 Å². The van der Waals surface area contributed by atoms with E-state index in [0.717, 1.165) is 15.7 Å². The van der Waals surface area contributed by atoms with Gasteiger partial charge in [-0.1, -0.05) is 30.3 Å². The van der Waals surface area contributed by atoms with Gasteiger partial charge >= 0.3 is 0 Å². The van der Waals surface area contributed by atoms with Crippen molar-refractivity contribution in [1.29, 1.82) is 0 Å². The lowest BCUT2D eigenvalue weighted by Crippen LogP contribution is -2.45. The number of anilines is 1. The quantitative estimate of drug-likeness (QED) is 0.557. The van der Waals surface area contributed by atoms with Crippen LogP contribution in [0.5, 0.6) is 0 Å². The number of Topliss-reactive ketones (excluding diaryl/α,β-unsaturated/α-hetero) is 2. The number of rotatable bonds is 4. The Labute approximate surface area is 202 Å². The number of fused-ring (bicyclic) bond motifs is 2. The van der Waals surface area contributed by atoms with Crippen molar-refractivity contribution < 1.29 is 27.6 Å². The summed E-state index contributed by atoms with van der Waals surface area (Å²) in [6.45, 7) is 0. The fourth-order valence-electron chi connectivity index (χ4n) is 4.64. The topological polar surface area (TPSA) is 118 Å². The van der Waals surface area contributed by atoms with Gasteiger partial charge in [0.2, 0.25) is 0 Å². The number of imide groups is 1. The van der Waals surface area contributed by atoms with E-state index >= 15 is 0 Å². The molecule has 5 rings (SSSR count). The summed E-state index contributed by atoms with van der Waals surface area (Å²) in [6.07, 6.45) is 1.07. The van der Waals surface area contributed by atoms with Gasteiger partial charge in [-0.3, -0.25) is 28.8 Å². The van der Waals surface area contributed by atoms with Crippen LogP contribution in [0.4, 0.5) is 5.69 Å². The van der Waals surface area contributed by atoms with Gasteiger partial charge in [-0.05, 0) is 53.9 Å². The molecule has 1 unspecified atom stereocenters. The molecular weight excluding hydrogens is 468 g/mol. The number of hydrogen-bond acceptors (Lipinski definition) is 6. The third-order valence-electron chi connectivity index (χ3n) is 6.46. The summed E-state index contributed by atoms with van der Waals surface area (Å²) >= 11 is 0. The van der Waals surface area contributed by atoms with Crippen LogP contribution in [-0.2, 0) is 19.6 Å². The van der Waals surface area contributed by atoms with Crippen LogP contribution in [0.15, 0.2) is 65.6 Å². The van der Waals surface area contributed by atoms with E-state index in [1.54, 1.807) is 12.1 Å². The predicted molar refractivity (Wildman–Crippen MR) is 129 cm³/mol. The second kappa shape index (κ2) is 8.74. The second-order valence-corrected chi connectivity index (χ2v) is 10.5. The van der Waals surface area contributed by atoms with Crippen molar-refractivity contribution in [2.24, 2.45) is 0 Å². The zero-order chi connectivity index (χ0) is 24.7. The summed E-state index contributed by atoms with van der Waals surface area (Å²) in [5.41, 5.74) is 0.249. The van der Waals surface area contributed by atoms with Gasteiger partial charge in [0.05, 0.1) is 22.1 Å². The Morgan fingerprint density at radius 2 is 1.51 bits per heavy atom. The minimum Gasteiger partial charge on any atom is -0.300 e. The first-order chi connectivity index (χ1) is 16.7. The maximum Gasteiger partial charge on any atom is 0.262 e. The summed E-state index contributed by atoms with van der Waals surface area (Å²) in [5, 5.41) is 1.67. The van der Waals surface area contributed by atoms with Crippen LogP contribution in [0.1, 0.15) is 52.8 Å². The SMILES string of the molecule is O=C1CCCC(=O)C(N2C(=O)c3ccc(NS(=O)(=O)c4ccc5ccccc5c4)cc3C2=O)CC1. The van der Waals surface area contributed by atoms with E-state index < -0.39 is 27.9 Å². The Morgan fingerprint density at radius 3 is 2.31 bits per heavy atom. The number of sulfonamides is 1. The minimum absolute atomic E-state index is 0.00416. The molecule has 1 fully saturated rings. The molecule has 1 aliphatic heterocycles. The highest BCUT2D eigenvalue weighted by Crippen LogP contribution is 2.31. The molecule has 1 saturated carbocycles. The molecule has 1 heterocycles. The van der Waals surface area contributed by atoms with Crippen LogP contribution >= 0.6 is 0 Å². The van der Waals surface area contributed by atoms with Crippen molar-refractivity contribution in [3.8, 4) is 0 Å². The number of carbonyl (C=O) groups excluding carboxylic acids is 4. The zero-order valence-corrected chi connectivity index (χ0v) is 19.5. The smallest absolute Gasteiger partial charge is 0.262 e. The summed E-state index contributed by atoms with van der Waals surface area (Å²) < 4.78 is 28.5. The molecular formula is C26H22N2O6S. The second-order valence-electron chi connectivity index (χ2n) is 8.77. The molecule has 3 aromatic carbocycles. The molecule has 0 bridgehead atoms. The predicted octanol–water partition coefficient (Wildman–Crippen LogP) is 3.71. The Balaban J connectivity index is 1.42. The number of nitrogens with one attached hydrogen (secondary N) is 1. The van der Waals surface area contributed by atoms with Crippen LogP contribution in [0.2, 0.25) is 0 Å². The highest BCUT2D eigenvalue weighted by Gasteiger charge is 2.43. The largest absolute Gasteiger partial charge is 0.300 e. The van der Waals surface area contributed by atoms with Gasteiger partial charge < -0.3 is 0 Å². The van der Waals surface area contributed by atoms with Crippen molar-refractivity contribution in [3.63, 3.8) is 0 Å². The Bertz CT molecular complexity index is 1510. The normalized spacial score (nSPS) is 19.0. The lowest BCUT2D eigenvalue weighted by atomic mass is 9.94. The van der Waals surface area contributed by atoms with Crippen molar-refractivity contribution in [3.05, 3.63) is 71.8 Å². The molecule has 8 nitrogen and oxygen atoms in total. The molecule has 0 spiro atoms.